The van der Waals surface area contributed by atoms with Crippen LogP contribution in [-0.4, -0.2) is 45.1 Å². The van der Waals surface area contributed by atoms with Gasteiger partial charge in [0.15, 0.2) is 0 Å². The Labute approximate surface area is 261 Å². The number of rotatable bonds is 13. The minimum atomic E-state index is 0.176. The molecule has 1 heterocycles. The molecule has 0 spiro atoms. The molecule has 0 unspecified atom stereocenters. The van der Waals surface area contributed by atoms with Crippen LogP contribution in [0.2, 0.25) is 0 Å². The molecule has 1 aliphatic heterocycles. The van der Waals surface area contributed by atoms with Gasteiger partial charge in [0.25, 0.3) is 0 Å². The van der Waals surface area contributed by atoms with Gasteiger partial charge >= 0.3 is 0 Å². The van der Waals surface area contributed by atoms with E-state index in [-0.39, 0.29) is 5.84 Å². The van der Waals surface area contributed by atoms with Crippen molar-refractivity contribution in [3.63, 3.8) is 0 Å². The van der Waals surface area contributed by atoms with Gasteiger partial charge in [-0.25, -0.2) is 4.99 Å². The van der Waals surface area contributed by atoms with E-state index in [4.69, 9.17) is 15.5 Å². The van der Waals surface area contributed by atoms with Crippen LogP contribution < -0.4 is 21.1 Å². The van der Waals surface area contributed by atoms with Crippen molar-refractivity contribution in [1.29, 1.82) is 0 Å². The quantitative estimate of drug-likeness (QED) is 0.104. The first kappa shape index (κ1) is 33.9. The zero-order chi connectivity index (χ0) is 31.9. The predicted molar refractivity (Wildman–Crippen MR) is 181 cm³/mol. The van der Waals surface area contributed by atoms with Gasteiger partial charge in [0.05, 0.1) is 6.61 Å². The number of nitrogens with zero attached hydrogens (tertiary/aromatic N) is 3. The molecule has 8 heteroatoms. The van der Waals surface area contributed by atoms with Crippen molar-refractivity contribution in [3.8, 4) is 16.9 Å². The number of carbonyl (C=O) groups excluding carboxylic acids is 2. The molecule has 1 aliphatic rings. The molecule has 4 rings (SSSR count). The number of benzene rings is 3. The Kier molecular flexibility index (Phi) is 13.5. The van der Waals surface area contributed by atoms with Crippen LogP contribution in [0.15, 0.2) is 88.0 Å². The number of ether oxygens (including phenoxy) is 1. The summed E-state index contributed by atoms with van der Waals surface area (Å²) in [4.78, 5) is 34.4. The number of fused-ring (bicyclic) bond motifs is 1. The Morgan fingerprint density at radius 3 is 2.41 bits per heavy atom. The lowest BCUT2D eigenvalue weighted by molar-refractivity contribution is -0.107. The molecule has 0 fully saturated rings. The number of aldehydes is 1. The largest absolute Gasteiger partial charge is 0.493 e. The highest BCUT2D eigenvalue weighted by molar-refractivity contribution is 6.05. The van der Waals surface area contributed by atoms with E-state index in [0.717, 1.165) is 91.1 Å². The highest BCUT2D eigenvalue weighted by Gasteiger charge is 2.17. The van der Waals surface area contributed by atoms with Gasteiger partial charge in [-0.15, -0.1) is 0 Å². The van der Waals surface area contributed by atoms with E-state index in [1.807, 2.05) is 61.6 Å². The number of unbranched alkanes of at least 4 members (excludes halogenated alkanes) is 1. The number of carbonyl (C=O) groups is 2. The molecule has 1 amide bonds. The highest BCUT2D eigenvalue weighted by atomic mass is 16.5. The summed E-state index contributed by atoms with van der Waals surface area (Å²) in [7, 11) is 3.55. The second-order valence-corrected chi connectivity index (χ2v) is 10.5. The van der Waals surface area contributed by atoms with Gasteiger partial charge in [-0.3, -0.25) is 9.59 Å². The van der Waals surface area contributed by atoms with Crippen molar-refractivity contribution < 1.29 is 14.3 Å². The molecule has 0 bridgehead atoms. The monoisotopic (exact) mass is 595 g/mol. The maximum Gasteiger partial charge on any atom is 0.234 e. The third-order valence-electron chi connectivity index (χ3n) is 7.52. The molecule has 0 saturated heterocycles. The zero-order valence-electron chi connectivity index (χ0n) is 26.4. The van der Waals surface area contributed by atoms with Crippen LogP contribution in [0.25, 0.3) is 11.1 Å². The Hall–Kier alpha value is -4.56. The summed E-state index contributed by atoms with van der Waals surface area (Å²) in [6.45, 7) is 5.02. The van der Waals surface area contributed by atoms with Crippen LogP contribution in [0.3, 0.4) is 0 Å². The SMILES string of the molecule is CCCC/C(N=C(CCC)N(C)c1ccc2c(c1)CCO2)=C(/C=O)Cc1ccc(-c2ccccc2C(N)=NC=O)cc1.CN. The Morgan fingerprint density at radius 2 is 1.73 bits per heavy atom. The van der Waals surface area contributed by atoms with E-state index in [1.54, 1.807) is 0 Å². The molecule has 44 heavy (non-hydrogen) atoms. The van der Waals surface area contributed by atoms with Gasteiger partial charge in [-0.1, -0.05) is 68.8 Å². The number of hydrogen-bond donors (Lipinski definition) is 2. The lowest BCUT2D eigenvalue weighted by Crippen LogP contribution is -2.26. The van der Waals surface area contributed by atoms with Crippen LogP contribution in [0.5, 0.6) is 5.75 Å². The minimum Gasteiger partial charge on any atom is -0.493 e. The fourth-order valence-electron chi connectivity index (χ4n) is 5.16. The number of allylic oxidation sites excluding steroid dienone is 2. The fourth-order valence-corrected chi connectivity index (χ4v) is 5.16. The van der Waals surface area contributed by atoms with E-state index < -0.39 is 0 Å². The molecular weight excluding hydrogens is 550 g/mol. The molecule has 232 valence electrons. The summed E-state index contributed by atoms with van der Waals surface area (Å²) in [5, 5.41) is 0. The summed E-state index contributed by atoms with van der Waals surface area (Å²) in [6.07, 6.45) is 7.27. The van der Waals surface area contributed by atoms with Crippen molar-refractivity contribution in [2.24, 2.45) is 21.5 Å². The second kappa shape index (κ2) is 17.5. The van der Waals surface area contributed by atoms with Crippen LogP contribution in [0, 0.1) is 0 Å². The average Bonchev–Trinajstić information content (AvgIpc) is 3.54. The van der Waals surface area contributed by atoms with Crippen molar-refractivity contribution in [1.82, 2.24) is 0 Å². The molecule has 4 N–H and O–H groups in total. The molecule has 0 saturated carbocycles. The molecule has 0 radical (unpaired) electrons. The van der Waals surface area contributed by atoms with Crippen molar-refractivity contribution in [2.75, 3.05) is 25.6 Å². The lowest BCUT2D eigenvalue weighted by Gasteiger charge is -2.23. The molecule has 0 aliphatic carbocycles. The van der Waals surface area contributed by atoms with E-state index in [0.29, 0.717) is 24.0 Å². The Bertz CT molecular complexity index is 1490. The van der Waals surface area contributed by atoms with Gasteiger partial charge in [0.1, 0.15) is 23.7 Å². The summed E-state index contributed by atoms with van der Waals surface area (Å²) < 4.78 is 5.69. The topological polar surface area (TPSA) is 123 Å². The van der Waals surface area contributed by atoms with Crippen LogP contribution in [0.4, 0.5) is 5.69 Å². The van der Waals surface area contributed by atoms with Crippen LogP contribution >= 0.6 is 0 Å². The predicted octanol–water partition coefficient (Wildman–Crippen LogP) is 6.25. The third-order valence-corrected chi connectivity index (χ3v) is 7.52. The summed E-state index contributed by atoms with van der Waals surface area (Å²) in [6, 6.07) is 21.9. The van der Waals surface area contributed by atoms with Gasteiger partial charge in [0.2, 0.25) is 6.41 Å². The summed E-state index contributed by atoms with van der Waals surface area (Å²) in [5.74, 6) is 2.08. The number of anilines is 1. The van der Waals surface area contributed by atoms with Crippen LogP contribution in [-0.2, 0) is 22.4 Å². The number of amidine groups is 2. The molecule has 0 aromatic heterocycles. The number of amides is 1. The first-order chi connectivity index (χ1) is 21.5. The Morgan fingerprint density at radius 1 is 0.977 bits per heavy atom. The first-order valence-corrected chi connectivity index (χ1v) is 15.3. The van der Waals surface area contributed by atoms with Gasteiger partial charge in [0, 0.05) is 48.8 Å². The molecule has 0 atom stereocenters. The summed E-state index contributed by atoms with van der Waals surface area (Å²) >= 11 is 0. The Balaban J connectivity index is 0.00000259. The highest BCUT2D eigenvalue weighted by Crippen LogP contribution is 2.30. The van der Waals surface area contributed by atoms with E-state index in [1.165, 1.54) is 12.6 Å². The molecular formula is C36H45N5O3. The molecule has 3 aromatic rings. The second-order valence-electron chi connectivity index (χ2n) is 10.5. The van der Waals surface area contributed by atoms with Crippen molar-refractivity contribution in [2.45, 2.75) is 58.8 Å². The van der Waals surface area contributed by atoms with Gasteiger partial charge in [-0.05, 0) is 66.8 Å². The number of hydrogen-bond acceptors (Lipinski definition) is 5. The average molecular weight is 596 g/mol. The van der Waals surface area contributed by atoms with E-state index in [2.05, 4.69) is 41.6 Å². The maximum absolute atomic E-state index is 12.5. The lowest BCUT2D eigenvalue weighted by atomic mass is 9.96. The summed E-state index contributed by atoms with van der Waals surface area (Å²) in [5.41, 5.74) is 17.9. The minimum absolute atomic E-state index is 0.176. The molecule has 3 aromatic carbocycles. The smallest absolute Gasteiger partial charge is 0.234 e. The van der Waals surface area contributed by atoms with E-state index >= 15 is 0 Å². The number of nitrogens with two attached hydrogens (primary N) is 2. The van der Waals surface area contributed by atoms with Crippen LogP contribution in [0.1, 0.15) is 62.6 Å². The zero-order valence-corrected chi connectivity index (χ0v) is 26.4. The number of aliphatic imine (C=N–C) groups is 2. The van der Waals surface area contributed by atoms with E-state index in [9.17, 15) is 9.59 Å². The fraction of sp³-hybridized carbons (Fsp3) is 0.333. The first-order valence-electron chi connectivity index (χ1n) is 15.3. The molecule has 8 nitrogen and oxygen atoms in total. The maximum atomic E-state index is 12.5. The third kappa shape index (κ3) is 8.74. The van der Waals surface area contributed by atoms with Gasteiger partial charge < -0.3 is 21.1 Å². The van der Waals surface area contributed by atoms with Crippen molar-refractivity contribution >= 4 is 30.1 Å². The normalized spacial score (nSPS) is 13.2. The standard InChI is InChI=1S/C35H40N4O3.CH5N/c1-4-6-12-32(38-34(9-5-2)39(3)29-17-18-33-27(22-29)19-20-42-33)28(23-40)21-25-13-15-26(16-14-25)30-10-7-8-11-31(30)35(36)37-24-41;1-2/h7-8,10-11,13-18,22-24H,4-6,9,12,19-21H2,1-3H3,(H2,36,37,41);2H2,1H3/b32-28-,38-34?;. The van der Waals surface area contributed by atoms with Gasteiger partial charge in [-0.2, -0.15) is 4.99 Å². The van der Waals surface area contributed by atoms with Crippen molar-refractivity contribution in [3.05, 3.63) is 94.7 Å².